The molecule has 0 spiro atoms. The van der Waals surface area contributed by atoms with Crippen LogP contribution in [0.3, 0.4) is 0 Å². The molecule has 0 aromatic heterocycles. The molecule has 0 unspecified atom stereocenters. The third-order valence-electron chi connectivity index (χ3n) is 5.20. The van der Waals surface area contributed by atoms with Gasteiger partial charge in [-0.2, -0.15) is 21.9 Å². The van der Waals surface area contributed by atoms with Gasteiger partial charge in [0.2, 0.25) is 0 Å². The maximum atomic E-state index is 2.26. The molecular formula is C24H20BCu. The Hall–Kier alpha value is -2.54. The molecule has 0 bridgehead atoms. The molecule has 0 nitrogen and oxygen atoms in total. The molecule has 0 N–H and O–H groups in total. The summed E-state index contributed by atoms with van der Waals surface area (Å²) in [7, 11) is 0. The van der Waals surface area contributed by atoms with Crippen LogP contribution in [0.1, 0.15) is 0 Å². The van der Waals surface area contributed by atoms with Crippen molar-refractivity contribution in [3.05, 3.63) is 121 Å². The van der Waals surface area contributed by atoms with Gasteiger partial charge in [-0.1, -0.05) is 121 Å². The SMILES string of the molecule is [Cu+].c1ccc([B-](c2ccccc2)(c2ccccc2)c2ccccc2)cc1. The Morgan fingerprint density at radius 3 is 0.692 bits per heavy atom. The van der Waals surface area contributed by atoms with Crippen molar-refractivity contribution >= 4 is 28.0 Å². The van der Waals surface area contributed by atoms with Crippen LogP contribution in [0.25, 0.3) is 0 Å². The predicted octanol–water partition coefficient (Wildman–Crippen LogP) is 3.06. The van der Waals surface area contributed by atoms with Crippen molar-refractivity contribution in [1.82, 2.24) is 0 Å². The first kappa shape index (κ1) is 18.3. The molecule has 0 atom stereocenters. The van der Waals surface area contributed by atoms with E-state index in [4.69, 9.17) is 0 Å². The second-order valence-electron chi connectivity index (χ2n) is 6.51. The van der Waals surface area contributed by atoms with Crippen LogP contribution < -0.4 is 21.9 Å². The quantitative estimate of drug-likeness (QED) is 0.476. The maximum Gasteiger partial charge on any atom is 1.00 e. The van der Waals surface area contributed by atoms with Gasteiger partial charge in [-0.15, -0.1) is 0 Å². The smallest absolute Gasteiger partial charge is 0.195 e. The van der Waals surface area contributed by atoms with E-state index in [0.717, 1.165) is 0 Å². The van der Waals surface area contributed by atoms with E-state index in [1.165, 1.54) is 21.9 Å². The molecule has 0 aliphatic rings. The number of rotatable bonds is 4. The molecule has 0 saturated carbocycles. The summed E-state index contributed by atoms with van der Waals surface area (Å²) in [5.41, 5.74) is 5.36. The molecule has 4 rings (SSSR count). The van der Waals surface area contributed by atoms with Crippen molar-refractivity contribution in [2.75, 3.05) is 0 Å². The van der Waals surface area contributed by atoms with Crippen molar-refractivity contribution < 1.29 is 17.1 Å². The average molecular weight is 383 g/mol. The zero-order valence-corrected chi connectivity index (χ0v) is 15.4. The Kier molecular flexibility index (Phi) is 5.78. The van der Waals surface area contributed by atoms with Gasteiger partial charge in [0.25, 0.3) is 0 Å². The Labute approximate surface area is 166 Å². The van der Waals surface area contributed by atoms with Crippen LogP contribution in [0.2, 0.25) is 0 Å². The summed E-state index contributed by atoms with van der Waals surface area (Å²) in [6, 6.07) is 43.5. The van der Waals surface area contributed by atoms with Gasteiger partial charge in [0.1, 0.15) is 6.15 Å². The van der Waals surface area contributed by atoms with E-state index in [2.05, 4.69) is 121 Å². The van der Waals surface area contributed by atoms with E-state index in [1.807, 2.05) is 0 Å². The molecule has 130 valence electrons. The van der Waals surface area contributed by atoms with Crippen LogP contribution in [0.15, 0.2) is 121 Å². The molecule has 0 aliphatic carbocycles. The van der Waals surface area contributed by atoms with Crippen LogP contribution >= 0.6 is 0 Å². The minimum absolute atomic E-state index is 0. The van der Waals surface area contributed by atoms with E-state index < -0.39 is 6.15 Å². The van der Waals surface area contributed by atoms with Crippen molar-refractivity contribution in [3.63, 3.8) is 0 Å². The van der Waals surface area contributed by atoms with Gasteiger partial charge >= 0.3 is 17.1 Å². The molecule has 0 amide bonds. The van der Waals surface area contributed by atoms with Crippen molar-refractivity contribution in [2.45, 2.75) is 0 Å². The Morgan fingerprint density at radius 1 is 0.308 bits per heavy atom. The molecule has 4 aromatic carbocycles. The summed E-state index contributed by atoms with van der Waals surface area (Å²) in [6.07, 6.45) is -1.22. The van der Waals surface area contributed by atoms with Gasteiger partial charge < -0.3 is 0 Å². The first-order valence-corrected chi connectivity index (χ1v) is 8.80. The topological polar surface area (TPSA) is 0 Å². The van der Waals surface area contributed by atoms with Crippen LogP contribution in [-0.4, -0.2) is 6.15 Å². The monoisotopic (exact) mass is 382 g/mol. The number of benzene rings is 4. The second kappa shape index (κ2) is 8.23. The summed E-state index contributed by atoms with van der Waals surface area (Å²) < 4.78 is 0. The van der Waals surface area contributed by atoms with E-state index in [1.54, 1.807) is 0 Å². The largest absolute Gasteiger partial charge is 1.00 e. The third kappa shape index (κ3) is 3.14. The first-order chi connectivity index (χ1) is 12.4. The van der Waals surface area contributed by atoms with Crippen molar-refractivity contribution in [1.29, 1.82) is 0 Å². The maximum absolute atomic E-state index is 2.26. The fourth-order valence-corrected chi connectivity index (χ4v) is 4.12. The standard InChI is InChI=1S/C24H20B.Cu/c1-5-13-21(14-6-1)25(22-15-7-2-8-16-22,23-17-9-3-10-18-23)24-19-11-4-12-20-24;/h1-20H;/q-1;+1. The van der Waals surface area contributed by atoms with E-state index in [-0.39, 0.29) is 17.1 Å². The minimum atomic E-state index is -1.22. The summed E-state index contributed by atoms with van der Waals surface area (Å²) in [5.74, 6) is 0. The molecule has 0 aliphatic heterocycles. The molecule has 0 heterocycles. The van der Waals surface area contributed by atoms with Gasteiger partial charge in [-0.25, -0.2) is 0 Å². The third-order valence-corrected chi connectivity index (χ3v) is 5.20. The summed E-state index contributed by atoms with van der Waals surface area (Å²) in [4.78, 5) is 0. The fourth-order valence-electron chi connectivity index (χ4n) is 4.12. The number of hydrogen-bond acceptors (Lipinski definition) is 0. The summed E-state index contributed by atoms with van der Waals surface area (Å²) >= 11 is 0. The van der Waals surface area contributed by atoms with Crippen LogP contribution in [0.5, 0.6) is 0 Å². The van der Waals surface area contributed by atoms with Crippen LogP contribution in [0, 0.1) is 0 Å². The molecule has 4 aromatic rings. The Balaban J connectivity index is 0.00000196. The van der Waals surface area contributed by atoms with E-state index in [0.29, 0.717) is 0 Å². The Bertz CT molecular complexity index is 759. The fraction of sp³-hybridized carbons (Fsp3) is 0. The first-order valence-electron chi connectivity index (χ1n) is 8.80. The molecule has 0 radical (unpaired) electrons. The molecule has 0 saturated heterocycles. The minimum Gasteiger partial charge on any atom is -0.195 e. The van der Waals surface area contributed by atoms with Gasteiger partial charge in [-0.05, 0) is 0 Å². The van der Waals surface area contributed by atoms with Gasteiger partial charge in [0, 0.05) is 0 Å². The van der Waals surface area contributed by atoms with Crippen molar-refractivity contribution in [3.8, 4) is 0 Å². The second-order valence-corrected chi connectivity index (χ2v) is 6.51. The summed E-state index contributed by atoms with van der Waals surface area (Å²) in [5, 5.41) is 0. The van der Waals surface area contributed by atoms with Gasteiger partial charge in [-0.3, -0.25) is 0 Å². The Morgan fingerprint density at radius 2 is 0.500 bits per heavy atom. The van der Waals surface area contributed by atoms with Gasteiger partial charge in [0.05, 0.1) is 0 Å². The molecule has 26 heavy (non-hydrogen) atoms. The average Bonchev–Trinajstić information content (AvgIpc) is 2.72. The molecular weight excluding hydrogens is 363 g/mol. The zero-order chi connectivity index (χ0) is 17.0. The van der Waals surface area contributed by atoms with Crippen LogP contribution in [0.4, 0.5) is 0 Å². The van der Waals surface area contributed by atoms with Crippen LogP contribution in [-0.2, 0) is 17.1 Å². The van der Waals surface area contributed by atoms with Crippen molar-refractivity contribution in [2.24, 2.45) is 0 Å². The molecule has 2 heteroatoms. The van der Waals surface area contributed by atoms with E-state index in [9.17, 15) is 0 Å². The van der Waals surface area contributed by atoms with E-state index >= 15 is 0 Å². The summed E-state index contributed by atoms with van der Waals surface area (Å²) in [6.45, 7) is 0. The van der Waals surface area contributed by atoms with Gasteiger partial charge in [0.15, 0.2) is 0 Å². The number of hydrogen-bond donors (Lipinski definition) is 0. The normalized spacial score (nSPS) is 10.8. The molecule has 0 fully saturated rings. The zero-order valence-electron chi connectivity index (χ0n) is 14.4. The predicted molar refractivity (Wildman–Crippen MR) is 110 cm³/mol.